The summed E-state index contributed by atoms with van der Waals surface area (Å²) in [4.78, 5) is 16.3. The van der Waals surface area contributed by atoms with Gasteiger partial charge in [-0.05, 0) is 55.5 Å². The van der Waals surface area contributed by atoms with E-state index in [1.54, 1.807) is 36.4 Å². The minimum atomic E-state index is -0.313. The highest BCUT2D eigenvalue weighted by atomic mass is 35.5. The van der Waals surface area contributed by atoms with E-state index >= 15 is 0 Å². The van der Waals surface area contributed by atoms with Crippen molar-refractivity contribution in [3.63, 3.8) is 0 Å². The highest BCUT2D eigenvalue weighted by Gasteiger charge is 2.12. The number of amides is 2. The molecule has 0 radical (unpaired) electrons. The summed E-state index contributed by atoms with van der Waals surface area (Å²) < 4.78 is 18.6. The average Bonchev–Trinajstić information content (AvgIpc) is 2.98. The number of aryl methyl sites for hydroxylation is 1. The van der Waals surface area contributed by atoms with Gasteiger partial charge in [0.2, 0.25) is 5.89 Å². The molecule has 3 rings (SSSR count). The van der Waals surface area contributed by atoms with E-state index in [9.17, 15) is 9.18 Å². The van der Waals surface area contributed by atoms with E-state index in [4.69, 9.17) is 16.0 Å². The number of anilines is 1. The van der Waals surface area contributed by atoms with Crippen molar-refractivity contribution in [3.8, 4) is 11.5 Å². The van der Waals surface area contributed by atoms with Crippen molar-refractivity contribution >= 4 is 23.3 Å². The van der Waals surface area contributed by atoms with Gasteiger partial charge in [0, 0.05) is 29.2 Å². The van der Waals surface area contributed by atoms with E-state index < -0.39 is 0 Å². The molecule has 26 heavy (non-hydrogen) atoms. The van der Waals surface area contributed by atoms with Gasteiger partial charge in [-0.1, -0.05) is 11.6 Å². The predicted octanol–water partition coefficient (Wildman–Crippen LogP) is 4.81. The van der Waals surface area contributed by atoms with Gasteiger partial charge in [-0.2, -0.15) is 0 Å². The number of rotatable bonds is 5. The highest BCUT2D eigenvalue weighted by molar-refractivity contribution is 6.30. The number of halogens is 2. The Hall–Kier alpha value is -2.86. The largest absolute Gasteiger partial charge is 0.441 e. The third-order valence-corrected chi connectivity index (χ3v) is 3.99. The van der Waals surface area contributed by atoms with E-state index in [1.165, 1.54) is 12.1 Å². The van der Waals surface area contributed by atoms with Crippen LogP contribution in [0.1, 0.15) is 11.5 Å². The van der Waals surface area contributed by atoms with Crippen LogP contribution in [0.25, 0.3) is 11.5 Å². The number of hydrogen-bond acceptors (Lipinski definition) is 3. The number of urea groups is 1. The Morgan fingerprint density at radius 2 is 1.85 bits per heavy atom. The van der Waals surface area contributed by atoms with Gasteiger partial charge in [0.15, 0.2) is 0 Å². The summed E-state index contributed by atoms with van der Waals surface area (Å²) in [6.07, 6.45) is 0.518. The Kier molecular flexibility index (Phi) is 5.53. The van der Waals surface area contributed by atoms with E-state index in [0.717, 1.165) is 5.69 Å². The quantitative estimate of drug-likeness (QED) is 0.674. The van der Waals surface area contributed by atoms with Gasteiger partial charge in [0.25, 0.3) is 0 Å². The number of benzene rings is 2. The number of carbonyl (C=O) groups is 1. The summed E-state index contributed by atoms with van der Waals surface area (Å²) in [7, 11) is 0. The first-order valence-corrected chi connectivity index (χ1v) is 8.42. The molecule has 0 atom stereocenters. The summed E-state index contributed by atoms with van der Waals surface area (Å²) >= 11 is 5.81. The number of oxazole rings is 1. The number of nitrogens with one attached hydrogen (secondary N) is 2. The van der Waals surface area contributed by atoms with Crippen LogP contribution in [0.2, 0.25) is 5.02 Å². The van der Waals surface area contributed by atoms with Crippen LogP contribution in [0.5, 0.6) is 0 Å². The lowest BCUT2D eigenvalue weighted by molar-refractivity contribution is 0.252. The summed E-state index contributed by atoms with van der Waals surface area (Å²) in [5.41, 5.74) is 2.11. The summed E-state index contributed by atoms with van der Waals surface area (Å²) in [6, 6.07) is 12.5. The van der Waals surface area contributed by atoms with Crippen LogP contribution in [0.4, 0.5) is 14.9 Å². The van der Waals surface area contributed by atoms with Gasteiger partial charge in [-0.3, -0.25) is 0 Å². The SMILES string of the molecule is Cc1oc(-c2ccc(F)cc2)nc1CCNC(=O)Nc1ccc(Cl)cc1. The normalized spacial score (nSPS) is 10.6. The second-order valence-electron chi connectivity index (χ2n) is 5.67. The first-order valence-electron chi connectivity index (χ1n) is 8.04. The smallest absolute Gasteiger partial charge is 0.319 e. The Morgan fingerprint density at radius 1 is 1.15 bits per heavy atom. The molecule has 0 aliphatic heterocycles. The predicted molar refractivity (Wildman–Crippen MR) is 98.8 cm³/mol. The number of nitrogens with zero attached hydrogens (tertiary/aromatic N) is 1. The standard InChI is InChI=1S/C19H17ClFN3O2/c1-12-17(24-18(26-12)13-2-6-15(21)7-3-13)10-11-22-19(25)23-16-8-4-14(20)5-9-16/h2-9H,10-11H2,1H3,(H2,22,23,25). The molecule has 134 valence electrons. The van der Waals surface area contributed by atoms with Gasteiger partial charge in [0.05, 0.1) is 5.69 Å². The average molecular weight is 374 g/mol. The van der Waals surface area contributed by atoms with Crippen molar-refractivity contribution in [1.29, 1.82) is 0 Å². The van der Waals surface area contributed by atoms with E-state index in [2.05, 4.69) is 15.6 Å². The zero-order valence-corrected chi connectivity index (χ0v) is 14.8. The number of carbonyl (C=O) groups excluding carboxylic acids is 1. The minimum Gasteiger partial charge on any atom is -0.441 e. The molecule has 0 spiro atoms. The summed E-state index contributed by atoms with van der Waals surface area (Å²) in [6.45, 7) is 2.21. The van der Waals surface area contributed by atoms with Gasteiger partial charge in [-0.25, -0.2) is 14.2 Å². The molecule has 1 aromatic heterocycles. The maximum atomic E-state index is 13.0. The fourth-order valence-electron chi connectivity index (χ4n) is 2.38. The van der Waals surface area contributed by atoms with Gasteiger partial charge in [0.1, 0.15) is 11.6 Å². The van der Waals surface area contributed by atoms with Crippen molar-refractivity contribution in [3.05, 3.63) is 70.8 Å². The number of hydrogen-bond donors (Lipinski definition) is 2. The molecular weight excluding hydrogens is 357 g/mol. The van der Waals surface area contributed by atoms with Gasteiger partial charge >= 0.3 is 6.03 Å². The molecule has 0 saturated heterocycles. The van der Waals surface area contributed by atoms with Crippen molar-refractivity contribution in [2.24, 2.45) is 0 Å². The fourth-order valence-corrected chi connectivity index (χ4v) is 2.50. The summed E-state index contributed by atoms with van der Waals surface area (Å²) in [5.74, 6) is 0.792. The maximum absolute atomic E-state index is 13.0. The van der Waals surface area contributed by atoms with Crippen LogP contribution < -0.4 is 10.6 Å². The minimum absolute atomic E-state index is 0.312. The molecule has 0 aliphatic rings. The topological polar surface area (TPSA) is 67.2 Å². The molecule has 2 aromatic carbocycles. The van der Waals surface area contributed by atoms with Crippen LogP contribution in [0.3, 0.4) is 0 Å². The Labute approximate surface area is 155 Å². The Bertz CT molecular complexity index is 892. The summed E-state index contributed by atoms with van der Waals surface area (Å²) in [5, 5.41) is 6.09. The van der Waals surface area contributed by atoms with Gasteiger partial charge in [-0.15, -0.1) is 0 Å². The van der Waals surface area contributed by atoms with Crippen molar-refractivity contribution in [1.82, 2.24) is 10.3 Å². The van der Waals surface area contributed by atoms with E-state index in [0.29, 0.717) is 40.9 Å². The second kappa shape index (κ2) is 8.01. The monoisotopic (exact) mass is 373 g/mol. The third-order valence-electron chi connectivity index (χ3n) is 3.73. The van der Waals surface area contributed by atoms with Crippen molar-refractivity contribution in [2.75, 3.05) is 11.9 Å². The molecule has 5 nitrogen and oxygen atoms in total. The van der Waals surface area contributed by atoms with E-state index in [1.807, 2.05) is 6.92 Å². The first-order chi connectivity index (χ1) is 12.5. The van der Waals surface area contributed by atoms with E-state index in [-0.39, 0.29) is 11.8 Å². The Balaban J connectivity index is 1.54. The lowest BCUT2D eigenvalue weighted by Crippen LogP contribution is -2.30. The van der Waals surface area contributed by atoms with Gasteiger partial charge < -0.3 is 15.1 Å². The maximum Gasteiger partial charge on any atom is 0.319 e. The molecule has 1 heterocycles. The van der Waals surface area contributed by atoms with Crippen LogP contribution in [0.15, 0.2) is 52.9 Å². The molecule has 7 heteroatoms. The van der Waals surface area contributed by atoms with Crippen LogP contribution in [0, 0.1) is 12.7 Å². The molecule has 0 saturated carbocycles. The molecule has 2 amide bonds. The van der Waals surface area contributed by atoms with Crippen molar-refractivity contribution in [2.45, 2.75) is 13.3 Å². The second-order valence-corrected chi connectivity index (χ2v) is 6.10. The van der Waals surface area contributed by atoms with Crippen molar-refractivity contribution < 1.29 is 13.6 Å². The molecule has 2 N–H and O–H groups in total. The lowest BCUT2D eigenvalue weighted by atomic mass is 10.2. The number of aromatic nitrogens is 1. The molecule has 0 fully saturated rings. The zero-order valence-electron chi connectivity index (χ0n) is 14.1. The molecule has 0 unspecified atom stereocenters. The van der Waals surface area contributed by atoms with Crippen LogP contribution >= 0.6 is 11.6 Å². The highest BCUT2D eigenvalue weighted by Crippen LogP contribution is 2.22. The zero-order chi connectivity index (χ0) is 18.5. The molecule has 0 aliphatic carbocycles. The fraction of sp³-hybridized carbons (Fsp3) is 0.158. The molecule has 0 bridgehead atoms. The Morgan fingerprint density at radius 3 is 2.54 bits per heavy atom. The van der Waals surface area contributed by atoms with Crippen LogP contribution in [-0.4, -0.2) is 17.6 Å². The first kappa shape index (κ1) is 17.9. The lowest BCUT2D eigenvalue weighted by Gasteiger charge is -2.07. The molecular formula is C19H17ClFN3O2. The third kappa shape index (κ3) is 4.61. The van der Waals surface area contributed by atoms with Crippen LogP contribution in [-0.2, 0) is 6.42 Å². The molecule has 3 aromatic rings.